The summed E-state index contributed by atoms with van der Waals surface area (Å²) in [5.41, 5.74) is 2.70. The number of aryl methyl sites for hydroxylation is 3. The van der Waals surface area contributed by atoms with Gasteiger partial charge in [-0.25, -0.2) is 4.79 Å². The molecule has 2 aromatic rings. The van der Waals surface area contributed by atoms with Gasteiger partial charge < -0.3 is 10.1 Å². The Morgan fingerprint density at radius 3 is 2.81 bits per heavy atom. The van der Waals surface area contributed by atoms with E-state index in [0.717, 1.165) is 12.2 Å². The molecule has 2 aromatic heterocycles. The first-order chi connectivity index (χ1) is 10.0. The Labute approximate surface area is 128 Å². The normalized spacial score (nSPS) is 10.9. The second-order valence-electron chi connectivity index (χ2n) is 4.90. The molecule has 0 aliphatic heterocycles. The maximum atomic E-state index is 11.9. The van der Waals surface area contributed by atoms with Gasteiger partial charge in [-0.1, -0.05) is 0 Å². The van der Waals surface area contributed by atoms with Crippen molar-refractivity contribution in [1.29, 1.82) is 0 Å². The molecule has 2 rings (SSSR count). The number of esters is 1. The number of hydrogen-bond acceptors (Lipinski definition) is 5. The van der Waals surface area contributed by atoms with Crippen LogP contribution >= 0.6 is 11.3 Å². The fourth-order valence-electron chi connectivity index (χ4n) is 2.09. The summed E-state index contributed by atoms with van der Waals surface area (Å²) in [6.07, 6.45) is 1.56. The molecule has 0 aliphatic carbocycles. The van der Waals surface area contributed by atoms with Crippen molar-refractivity contribution >= 4 is 17.3 Å². The molecule has 114 valence electrons. The van der Waals surface area contributed by atoms with Gasteiger partial charge in [0.15, 0.2) is 0 Å². The molecular formula is C15H21N3O2S. The number of carbonyl (C=O) groups is 1. The lowest BCUT2D eigenvalue weighted by Crippen LogP contribution is -2.18. The minimum Gasteiger partial charge on any atom is -0.462 e. The lowest BCUT2D eigenvalue weighted by molar-refractivity contribution is 0.0524. The van der Waals surface area contributed by atoms with Crippen molar-refractivity contribution in [3.8, 4) is 0 Å². The van der Waals surface area contributed by atoms with E-state index in [9.17, 15) is 4.79 Å². The molecule has 5 nitrogen and oxygen atoms in total. The number of carbonyl (C=O) groups excluding carboxylic acids is 1. The Balaban J connectivity index is 1.99. The molecule has 0 radical (unpaired) electrons. The molecule has 1 N–H and O–H groups in total. The number of rotatable bonds is 6. The molecule has 0 unspecified atom stereocenters. The average Bonchev–Trinajstić information content (AvgIpc) is 2.95. The number of nitrogens with one attached hydrogen (secondary N) is 1. The third kappa shape index (κ3) is 3.71. The summed E-state index contributed by atoms with van der Waals surface area (Å²) >= 11 is 1.80. The zero-order valence-electron chi connectivity index (χ0n) is 12.9. The summed E-state index contributed by atoms with van der Waals surface area (Å²) in [5.74, 6) is -0.315. The Morgan fingerprint density at radius 2 is 2.19 bits per heavy atom. The molecule has 0 aromatic carbocycles. The van der Waals surface area contributed by atoms with Crippen molar-refractivity contribution in [2.24, 2.45) is 7.05 Å². The monoisotopic (exact) mass is 307 g/mol. The lowest BCUT2D eigenvalue weighted by atomic mass is 10.2. The van der Waals surface area contributed by atoms with Crippen LogP contribution in [-0.4, -0.2) is 22.4 Å². The van der Waals surface area contributed by atoms with Gasteiger partial charge in [-0.2, -0.15) is 5.10 Å². The molecule has 0 atom stereocenters. The largest absolute Gasteiger partial charge is 0.462 e. The van der Waals surface area contributed by atoms with Crippen LogP contribution in [0.15, 0.2) is 12.3 Å². The zero-order chi connectivity index (χ0) is 15.4. The molecule has 0 fully saturated rings. The van der Waals surface area contributed by atoms with E-state index in [0.29, 0.717) is 18.7 Å². The van der Waals surface area contributed by atoms with Crippen molar-refractivity contribution in [3.05, 3.63) is 38.8 Å². The molecular weight excluding hydrogens is 286 g/mol. The standard InChI is InChI=1S/C15H21N3O2S/c1-5-20-15(19)13-8-17-18(4)14(13)9-16-7-12-6-10(2)11(3)21-12/h6,8,16H,5,7,9H2,1-4H3. The van der Waals surface area contributed by atoms with Gasteiger partial charge in [0, 0.05) is 29.9 Å². The average molecular weight is 307 g/mol. The molecule has 2 heterocycles. The summed E-state index contributed by atoms with van der Waals surface area (Å²) in [7, 11) is 1.83. The maximum Gasteiger partial charge on any atom is 0.341 e. The highest BCUT2D eigenvalue weighted by atomic mass is 32.1. The van der Waals surface area contributed by atoms with E-state index < -0.39 is 0 Å². The molecule has 0 bridgehead atoms. The van der Waals surface area contributed by atoms with Gasteiger partial charge in [0.1, 0.15) is 5.56 Å². The Bertz CT molecular complexity index is 611. The highest BCUT2D eigenvalue weighted by molar-refractivity contribution is 7.12. The predicted octanol–water partition coefficient (Wildman–Crippen LogP) is 2.56. The summed E-state index contributed by atoms with van der Waals surface area (Å²) in [6, 6.07) is 2.20. The van der Waals surface area contributed by atoms with Crippen LogP contribution in [0.25, 0.3) is 0 Å². The zero-order valence-corrected chi connectivity index (χ0v) is 13.7. The summed E-state index contributed by atoms with van der Waals surface area (Å²) in [4.78, 5) is 14.5. The Morgan fingerprint density at radius 1 is 1.43 bits per heavy atom. The van der Waals surface area contributed by atoms with Crippen LogP contribution in [0.3, 0.4) is 0 Å². The minimum atomic E-state index is -0.315. The fourth-order valence-corrected chi connectivity index (χ4v) is 3.12. The number of ether oxygens (including phenoxy) is 1. The number of nitrogens with zero attached hydrogens (tertiary/aromatic N) is 2. The van der Waals surface area contributed by atoms with Crippen molar-refractivity contribution in [2.75, 3.05) is 6.61 Å². The number of hydrogen-bond donors (Lipinski definition) is 1. The van der Waals surface area contributed by atoms with Crippen LogP contribution in [0.4, 0.5) is 0 Å². The molecule has 0 saturated heterocycles. The first-order valence-electron chi connectivity index (χ1n) is 6.97. The van der Waals surface area contributed by atoms with E-state index in [1.165, 1.54) is 15.3 Å². The van der Waals surface area contributed by atoms with Gasteiger partial charge in [0.05, 0.1) is 18.5 Å². The smallest absolute Gasteiger partial charge is 0.341 e. The van der Waals surface area contributed by atoms with Gasteiger partial charge in [0.25, 0.3) is 0 Å². The third-order valence-corrected chi connectivity index (χ3v) is 4.52. The van der Waals surface area contributed by atoms with Gasteiger partial charge in [-0.3, -0.25) is 4.68 Å². The second kappa shape index (κ2) is 6.87. The first kappa shape index (κ1) is 15.7. The molecule has 0 amide bonds. The summed E-state index contributed by atoms with van der Waals surface area (Å²) < 4.78 is 6.76. The van der Waals surface area contributed by atoms with Crippen molar-refractivity contribution < 1.29 is 9.53 Å². The van der Waals surface area contributed by atoms with E-state index >= 15 is 0 Å². The van der Waals surface area contributed by atoms with Gasteiger partial charge >= 0.3 is 5.97 Å². The van der Waals surface area contributed by atoms with Crippen LogP contribution in [0.2, 0.25) is 0 Å². The molecule has 6 heteroatoms. The highest BCUT2D eigenvalue weighted by Crippen LogP contribution is 2.20. The Kier molecular flexibility index (Phi) is 5.14. The minimum absolute atomic E-state index is 0.315. The lowest BCUT2D eigenvalue weighted by Gasteiger charge is -2.07. The topological polar surface area (TPSA) is 56.1 Å². The van der Waals surface area contributed by atoms with Crippen LogP contribution in [0.5, 0.6) is 0 Å². The van der Waals surface area contributed by atoms with Crippen molar-refractivity contribution in [1.82, 2.24) is 15.1 Å². The molecule has 0 spiro atoms. The third-order valence-electron chi connectivity index (χ3n) is 3.37. The highest BCUT2D eigenvalue weighted by Gasteiger charge is 2.16. The number of thiophene rings is 1. The van der Waals surface area contributed by atoms with Gasteiger partial charge in [0.2, 0.25) is 0 Å². The predicted molar refractivity (Wildman–Crippen MR) is 83.5 cm³/mol. The van der Waals surface area contributed by atoms with E-state index in [-0.39, 0.29) is 5.97 Å². The SMILES string of the molecule is CCOC(=O)c1cnn(C)c1CNCc1cc(C)c(C)s1. The molecule has 0 aliphatic rings. The van der Waals surface area contributed by atoms with E-state index in [1.54, 1.807) is 29.1 Å². The van der Waals surface area contributed by atoms with Gasteiger partial charge in [-0.05, 0) is 32.4 Å². The van der Waals surface area contributed by atoms with Crippen LogP contribution < -0.4 is 5.32 Å². The van der Waals surface area contributed by atoms with Crippen LogP contribution in [0.1, 0.15) is 38.3 Å². The molecule has 0 saturated carbocycles. The summed E-state index contributed by atoms with van der Waals surface area (Å²) in [6.45, 7) is 7.79. The van der Waals surface area contributed by atoms with Crippen LogP contribution in [0, 0.1) is 13.8 Å². The van der Waals surface area contributed by atoms with E-state index in [1.807, 2.05) is 7.05 Å². The second-order valence-corrected chi connectivity index (χ2v) is 6.25. The van der Waals surface area contributed by atoms with Gasteiger partial charge in [-0.15, -0.1) is 11.3 Å². The number of aromatic nitrogens is 2. The molecule has 21 heavy (non-hydrogen) atoms. The fraction of sp³-hybridized carbons (Fsp3) is 0.467. The maximum absolute atomic E-state index is 11.9. The van der Waals surface area contributed by atoms with Crippen LogP contribution in [-0.2, 0) is 24.9 Å². The summed E-state index contributed by atoms with van der Waals surface area (Å²) in [5, 5.41) is 7.51. The first-order valence-corrected chi connectivity index (χ1v) is 7.79. The quantitative estimate of drug-likeness (QED) is 0.833. The van der Waals surface area contributed by atoms with Crippen molar-refractivity contribution in [2.45, 2.75) is 33.9 Å². The van der Waals surface area contributed by atoms with E-state index in [4.69, 9.17) is 4.74 Å². The van der Waals surface area contributed by atoms with Crippen molar-refractivity contribution in [3.63, 3.8) is 0 Å². The Hall–Kier alpha value is -1.66. The van der Waals surface area contributed by atoms with E-state index in [2.05, 4.69) is 30.3 Å².